The second kappa shape index (κ2) is 4.28. The molecule has 1 aromatic rings. The van der Waals surface area contributed by atoms with E-state index in [1.165, 1.54) is 44.3 Å². The summed E-state index contributed by atoms with van der Waals surface area (Å²) < 4.78 is 0. The van der Waals surface area contributed by atoms with Gasteiger partial charge in [0, 0.05) is 13.1 Å². The molecule has 2 heterocycles. The van der Waals surface area contributed by atoms with Crippen molar-refractivity contribution in [2.45, 2.75) is 39.5 Å². The maximum absolute atomic E-state index is 4.35. The Morgan fingerprint density at radius 2 is 1.71 bits per heavy atom. The third-order valence-corrected chi connectivity index (χ3v) is 4.52. The van der Waals surface area contributed by atoms with Crippen molar-refractivity contribution in [2.75, 3.05) is 18.0 Å². The van der Waals surface area contributed by atoms with E-state index in [-0.39, 0.29) is 0 Å². The first kappa shape index (κ1) is 11.0. The number of aryl methyl sites for hydroxylation is 2. The van der Waals surface area contributed by atoms with Crippen LogP contribution in [0.1, 0.15) is 36.9 Å². The van der Waals surface area contributed by atoms with E-state index in [0.29, 0.717) is 0 Å². The van der Waals surface area contributed by atoms with Crippen LogP contribution in [0.15, 0.2) is 6.07 Å². The SMILES string of the molecule is Cc1cc(N2CC3CCCCC3C2)nnc1C. The van der Waals surface area contributed by atoms with E-state index in [1.807, 2.05) is 6.92 Å². The Hall–Kier alpha value is -1.12. The average Bonchev–Trinajstić information content (AvgIpc) is 2.76. The second-order valence-electron chi connectivity index (χ2n) is 5.68. The van der Waals surface area contributed by atoms with Crippen molar-refractivity contribution in [3.05, 3.63) is 17.3 Å². The Morgan fingerprint density at radius 3 is 2.29 bits per heavy atom. The van der Waals surface area contributed by atoms with Crippen LogP contribution in [0.5, 0.6) is 0 Å². The summed E-state index contributed by atoms with van der Waals surface area (Å²) >= 11 is 0. The van der Waals surface area contributed by atoms with Gasteiger partial charge in [0.2, 0.25) is 0 Å². The largest absolute Gasteiger partial charge is 0.355 e. The van der Waals surface area contributed by atoms with Gasteiger partial charge in [-0.15, -0.1) is 5.10 Å². The molecule has 2 unspecified atom stereocenters. The van der Waals surface area contributed by atoms with Gasteiger partial charge in [0.1, 0.15) is 0 Å². The molecule has 3 heteroatoms. The van der Waals surface area contributed by atoms with Crippen molar-refractivity contribution in [3.63, 3.8) is 0 Å². The summed E-state index contributed by atoms with van der Waals surface area (Å²) in [6.45, 7) is 6.54. The van der Waals surface area contributed by atoms with Gasteiger partial charge in [0.15, 0.2) is 5.82 Å². The van der Waals surface area contributed by atoms with Crippen LogP contribution >= 0.6 is 0 Å². The summed E-state index contributed by atoms with van der Waals surface area (Å²) in [6.07, 6.45) is 5.68. The molecule has 0 N–H and O–H groups in total. The molecule has 3 rings (SSSR count). The second-order valence-corrected chi connectivity index (χ2v) is 5.68. The van der Waals surface area contributed by atoms with Gasteiger partial charge in [-0.1, -0.05) is 12.8 Å². The Balaban J connectivity index is 1.79. The van der Waals surface area contributed by atoms with Gasteiger partial charge in [-0.3, -0.25) is 0 Å². The van der Waals surface area contributed by atoms with Crippen LogP contribution in [0.25, 0.3) is 0 Å². The number of aromatic nitrogens is 2. The van der Waals surface area contributed by atoms with E-state index in [1.54, 1.807) is 0 Å². The third-order valence-electron chi connectivity index (χ3n) is 4.52. The van der Waals surface area contributed by atoms with Gasteiger partial charge < -0.3 is 4.90 Å². The first-order valence-electron chi connectivity index (χ1n) is 6.80. The lowest BCUT2D eigenvalue weighted by molar-refractivity contribution is 0.299. The molecular weight excluding hydrogens is 210 g/mol. The van der Waals surface area contributed by atoms with Crippen LogP contribution in [0, 0.1) is 25.7 Å². The highest BCUT2D eigenvalue weighted by atomic mass is 15.3. The molecule has 1 saturated heterocycles. The molecule has 1 aliphatic carbocycles. The van der Waals surface area contributed by atoms with Crippen LogP contribution in [0.3, 0.4) is 0 Å². The maximum atomic E-state index is 4.35. The van der Waals surface area contributed by atoms with E-state index < -0.39 is 0 Å². The predicted molar refractivity (Wildman–Crippen MR) is 69.2 cm³/mol. The summed E-state index contributed by atoms with van der Waals surface area (Å²) in [5.41, 5.74) is 2.30. The lowest BCUT2D eigenvalue weighted by atomic mass is 9.82. The third kappa shape index (κ3) is 2.03. The summed E-state index contributed by atoms with van der Waals surface area (Å²) in [5.74, 6) is 2.90. The number of anilines is 1. The fraction of sp³-hybridized carbons (Fsp3) is 0.714. The van der Waals surface area contributed by atoms with Crippen LogP contribution < -0.4 is 4.90 Å². The number of hydrogen-bond donors (Lipinski definition) is 0. The van der Waals surface area contributed by atoms with Crippen LogP contribution in [0.4, 0.5) is 5.82 Å². The van der Waals surface area contributed by atoms with Crippen molar-refractivity contribution in [3.8, 4) is 0 Å². The summed E-state index contributed by atoms with van der Waals surface area (Å²) in [6, 6.07) is 2.19. The summed E-state index contributed by atoms with van der Waals surface area (Å²) in [4.78, 5) is 2.44. The minimum absolute atomic E-state index is 0.909. The van der Waals surface area contributed by atoms with Gasteiger partial charge in [-0.2, -0.15) is 5.10 Å². The average molecular weight is 231 g/mol. The Kier molecular flexibility index (Phi) is 2.77. The molecule has 0 spiro atoms. The molecule has 2 fully saturated rings. The smallest absolute Gasteiger partial charge is 0.151 e. The van der Waals surface area contributed by atoms with Crippen molar-refractivity contribution in [2.24, 2.45) is 11.8 Å². The van der Waals surface area contributed by atoms with Gasteiger partial charge >= 0.3 is 0 Å². The zero-order valence-corrected chi connectivity index (χ0v) is 10.8. The number of fused-ring (bicyclic) bond motifs is 1. The zero-order chi connectivity index (χ0) is 11.8. The molecular formula is C14H21N3. The standard InChI is InChI=1S/C14H21N3/c1-10-7-14(16-15-11(10)2)17-8-12-5-3-4-6-13(12)9-17/h7,12-13H,3-6,8-9H2,1-2H3. The van der Waals surface area contributed by atoms with Crippen LogP contribution in [-0.2, 0) is 0 Å². The van der Waals surface area contributed by atoms with Crippen molar-refractivity contribution in [1.29, 1.82) is 0 Å². The molecule has 17 heavy (non-hydrogen) atoms. The topological polar surface area (TPSA) is 29.0 Å². The molecule has 2 aliphatic rings. The van der Waals surface area contributed by atoms with Gasteiger partial charge in [0.05, 0.1) is 5.69 Å². The fourth-order valence-corrected chi connectivity index (χ4v) is 3.28. The molecule has 0 bridgehead atoms. The number of nitrogens with zero attached hydrogens (tertiary/aromatic N) is 3. The van der Waals surface area contributed by atoms with E-state index in [0.717, 1.165) is 23.3 Å². The van der Waals surface area contributed by atoms with Gasteiger partial charge in [-0.05, 0) is 50.2 Å². The molecule has 2 atom stereocenters. The fourth-order valence-electron chi connectivity index (χ4n) is 3.28. The molecule has 3 nitrogen and oxygen atoms in total. The monoisotopic (exact) mass is 231 g/mol. The van der Waals surface area contributed by atoms with E-state index in [9.17, 15) is 0 Å². The van der Waals surface area contributed by atoms with Gasteiger partial charge in [0.25, 0.3) is 0 Å². The molecule has 92 valence electrons. The lowest BCUT2D eigenvalue weighted by Gasteiger charge is -2.22. The maximum Gasteiger partial charge on any atom is 0.151 e. The molecule has 0 amide bonds. The molecule has 0 aromatic carbocycles. The highest BCUT2D eigenvalue weighted by Gasteiger charge is 2.34. The number of rotatable bonds is 1. The normalized spacial score (nSPS) is 28.2. The molecule has 1 aromatic heterocycles. The van der Waals surface area contributed by atoms with Gasteiger partial charge in [-0.25, -0.2) is 0 Å². The van der Waals surface area contributed by atoms with Crippen LogP contribution in [0.2, 0.25) is 0 Å². The van der Waals surface area contributed by atoms with Crippen molar-refractivity contribution >= 4 is 5.82 Å². The number of hydrogen-bond acceptors (Lipinski definition) is 3. The van der Waals surface area contributed by atoms with Crippen LogP contribution in [-0.4, -0.2) is 23.3 Å². The minimum Gasteiger partial charge on any atom is -0.355 e. The molecule has 1 aliphatic heterocycles. The van der Waals surface area contributed by atoms with Crippen molar-refractivity contribution < 1.29 is 0 Å². The Labute approximate surface area is 103 Å². The lowest BCUT2D eigenvalue weighted by Crippen LogP contribution is -2.21. The van der Waals surface area contributed by atoms with E-state index >= 15 is 0 Å². The molecule has 0 radical (unpaired) electrons. The molecule has 1 saturated carbocycles. The van der Waals surface area contributed by atoms with E-state index in [2.05, 4.69) is 28.1 Å². The first-order chi connectivity index (χ1) is 8.24. The highest BCUT2D eigenvalue weighted by Crippen LogP contribution is 2.37. The minimum atomic E-state index is 0.909. The quantitative estimate of drug-likeness (QED) is 0.744. The summed E-state index contributed by atoms with van der Waals surface area (Å²) in [7, 11) is 0. The van der Waals surface area contributed by atoms with Crippen molar-refractivity contribution in [1.82, 2.24) is 10.2 Å². The predicted octanol–water partition coefficient (Wildman–Crippen LogP) is 2.72. The Morgan fingerprint density at radius 1 is 1.06 bits per heavy atom. The first-order valence-corrected chi connectivity index (χ1v) is 6.80. The highest BCUT2D eigenvalue weighted by molar-refractivity contribution is 5.42. The Bertz CT molecular complexity index is 402. The zero-order valence-electron chi connectivity index (χ0n) is 10.8. The summed E-state index contributed by atoms with van der Waals surface area (Å²) in [5, 5.41) is 8.60. The van der Waals surface area contributed by atoms with E-state index in [4.69, 9.17) is 0 Å².